The molecule has 1 atom stereocenters. The van der Waals surface area contributed by atoms with Gasteiger partial charge in [0, 0.05) is 37.6 Å². The van der Waals surface area contributed by atoms with Gasteiger partial charge < -0.3 is 14.7 Å². The van der Waals surface area contributed by atoms with Crippen LogP contribution in [0, 0.1) is 0 Å². The van der Waals surface area contributed by atoms with Crippen LogP contribution in [0.4, 0.5) is 11.4 Å². The Labute approximate surface area is 215 Å². The van der Waals surface area contributed by atoms with Crippen LogP contribution < -0.4 is 14.5 Å². The maximum Gasteiger partial charge on any atom is 0.243 e. The molecule has 1 N–H and O–H groups in total. The van der Waals surface area contributed by atoms with E-state index in [1.165, 1.54) is 23.2 Å². The number of anilines is 2. The number of piperazine rings is 1. The number of benzene rings is 3. The van der Waals surface area contributed by atoms with Gasteiger partial charge in [-0.05, 0) is 54.1 Å². The third-order valence-corrected chi connectivity index (χ3v) is 9.59. The summed E-state index contributed by atoms with van der Waals surface area (Å²) in [6, 6.07) is 21.5. The highest BCUT2D eigenvalue weighted by molar-refractivity contribution is 8.00. The largest absolute Gasteiger partial charge is 0.504 e. The average molecular weight is 526 g/mol. The average Bonchev–Trinajstić information content (AvgIpc) is 3.31. The molecule has 1 unspecified atom stereocenters. The second kappa shape index (κ2) is 10.0. The molecule has 2 aliphatic heterocycles. The van der Waals surface area contributed by atoms with E-state index in [1.807, 2.05) is 30.3 Å². The molecule has 188 valence electrons. The number of para-hydroxylation sites is 1. The van der Waals surface area contributed by atoms with Gasteiger partial charge in [0.1, 0.15) is 5.37 Å². The van der Waals surface area contributed by atoms with E-state index >= 15 is 0 Å². The second-order valence-electron chi connectivity index (χ2n) is 8.58. The Morgan fingerprint density at radius 3 is 2.28 bits per heavy atom. The van der Waals surface area contributed by atoms with Crippen LogP contribution in [0.5, 0.6) is 11.5 Å². The molecule has 0 aromatic heterocycles. The predicted molar refractivity (Wildman–Crippen MR) is 141 cm³/mol. The SMILES string of the molecule is COc1cc(C2SCC(=O)N2c2ccc(S(=O)(=O)N3CCN(c4ccccc4)CC3)cc2)ccc1O. The van der Waals surface area contributed by atoms with Gasteiger partial charge in [-0.3, -0.25) is 9.69 Å². The summed E-state index contributed by atoms with van der Waals surface area (Å²) >= 11 is 1.47. The molecule has 0 radical (unpaired) electrons. The van der Waals surface area contributed by atoms with Crippen molar-refractivity contribution in [1.29, 1.82) is 0 Å². The number of ether oxygens (including phenoxy) is 1. The van der Waals surface area contributed by atoms with Crippen LogP contribution in [0.25, 0.3) is 0 Å². The first-order chi connectivity index (χ1) is 17.4. The highest BCUT2D eigenvalue weighted by atomic mass is 32.2. The number of aromatic hydroxyl groups is 1. The Bertz CT molecular complexity index is 1340. The minimum atomic E-state index is -3.65. The van der Waals surface area contributed by atoms with Crippen LogP contribution in [0.1, 0.15) is 10.9 Å². The minimum absolute atomic E-state index is 0.0290. The van der Waals surface area contributed by atoms with Crippen LogP contribution in [-0.2, 0) is 14.8 Å². The zero-order valence-corrected chi connectivity index (χ0v) is 21.4. The van der Waals surface area contributed by atoms with Crippen molar-refractivity contribution in [2.75, 3.05) is 48.8 Å². The number of phenols is 1. The molecular formula is C26H27N3O5S2. The smallest absolute Gasteiger partial charge is 0.243 e. The molecule has 0 spiro atoms. The quantitative estimate of drug-likeness (QED) is 0.525. The number of phenolic OH excluding ortho intramolecular Hbond substituents is 1. The normalized spacial score (nSPS) is 19.0. The minimum Gasteiger partial charge on any atom is -0.504 e. The number of carbonyl (C=O) groups is 1. The Hall–Kier alpha value is -3.21. The monoisotopic (exact) mass is 525 g/mol. The van der Waals surface area contributed by atoms with Crippen LogP contribution in [-0.4, -0.2) is 62.8 Å². The number of hydrogen-bond acceptors (Lipinski definition) is 7. The van der Waals surface area contributed by atoms with Gasteiger partial charge in [-0.1, -0.05) is 24.3 Å². The second-order valence-corrected chi connectivity index (χ2v) is 11.6. The van der Waals surface area contributed by atoms with Gasteiger partial charge in [-0.2, -0.15) is 4.31 Å². The number of nitrogens with zero attached hydrogens (tertiary/aromatic N) is 3. The number of carbonyl (C=O) groups excluding carboxylic acids is 1. The van der Waals surface area contributed by atoms with E-state index in [0.29, 0.717) is 43.4 Å². The summed E-state index contributed by atoms with van der Waals surface area (Å²) in [5.41, 5.74) is 2.52. The third-order valence-electron chi connectivity index (χ3n) is 6.47. The molecular weight excluding hydrogens is 498 g/mol. The first kappa shape index (κ1) is 24.5. The summed E-state index contributed by atoms with van der Waals surface area (Å²) in [5, 5.41) is 9.62. The highest BCUT2D eigenvalue weighted by Gasteiger charge is 2.35. The standard InChI is InChI=1S/C26H27N3O5S2/c1-34-24-17-19(7-12-23(24)30)26-29(25(31)18-35-26)21-8-10-22(11-9-21)36(32,33)28-15-13-27(14-16-28)20-5-3-2-4-6-20/h2-12,17,26,30H,13-16,18H2,1H3. The van der Waals surface area contributed by atoms with E-state index < -0.39 is 10.0 Å². The molecule has 2 heterocycles. The van der Waals surface area contributed by atoms with Crippen molar-refractivity contribution >= 4 is 39.1 Å². The van der Waals surface area contributed by atoms with E-state index in [2.05, 4.69) is 4.90 Å². The Morgan fingerprint density at radius 2 is 1.61 bits per heavy atom. The molecule has 2 fully saturated rings. The van der Waals surface area contributed by atoms with Crippen LogP contribution in [0.3, 0.4) is 0 Å². The van der Waals surface area contributed by atoms with E-state index in [1.54, 1.807) is 47.4 Å². The molecule has 0 saturated carbocycles. The van der Waals surface area contributed by atoms with Crippen molar-refractivity contribution in [1.82, 2.24) is 4.31 Å². The summed E-state index contributed by atoms with van der Waals surface area (Å²) in [6.07, 6.45) is 0. The molecule has 10 heteroatoms. The number of methoxy groups -OCH3 is 1. The lowest BCUT2D eigenvalue weighted by Crippen LogP contribution is -2.48. The number of rotatable bonds is 6. The van der Waals surface area contributed by atoms with Crippen molar-refractivity contribution in [3.63, 3.8) is 0 Å². The van der Waals surface area contributed by atoms with Crippen molar-refractivity contribution in [2.45, 2.75) is 10.3 Å². The molecule has 1 amide bonds. The first-order valence-electron chi connectivity index (χ1n) is 11.6. The Morgan fingerprint density at radius 1 is 0.917 bits per heavy atom. The van der Waals surface area contributed by atoms with E-state index in [-0.39, 0.29) is 21.9 Å². The van der Waals surface area contributed by atoms with Gasteiger partial charge in [0.05, 0.1) is 17.8 Å². The van der Waals surface area contributed by atoms with Crippen LogP contribution in [0.15, 0.2) is 77.7 Å². The first-order valence-corrected chi connectivity index (χ1v) is 14.1. The molecule has 36 heavy (non-hydrogen) atoms. The molecule has 0 bridgehead atoms. The number of sulfonamides is 1. The topological polar surface area (TPSA) is 90.4 Å². The van der Waals surface area contributed by atoms with E-state index in [0.717, 1.165) is 11.3 Å². The molecule has 5 rings (SSSR count). The summed E-state index contributed by atoms with van der Waals surface area (Å²) in [5.74, 6) is 0.603. The molecule has 2 saturated heterocycles. The zero-order chi connectivity index (χ0) is 25.3. The lowest BCUT2D eigenvalue weighted by molar-refractivity contribution is -0.115. The van der Waals surface area contributed by atoms with Crippen LogP contribution >= 0.6 is 11.8 Å². The Kier molecular flexibility index (Phi) is 6.83. The van der Waals surface area contributed by atoms with Gasteiger partial charge in [0.25, 0.3) is 0 Å². The maximum atomic E-state index is 13.3. The van der Waals surface area contributed by atoms with Gasteiger partial charge in [0.2, 0.25) is 15.9 Å². The highest BCUT2D eigenvalue weighted by Crippen LogP contribution is 2.44. The fourth-order valence-electron chi connectivity index (χ4n) is 4.55. The van der Waals surface area contributed by atoms with Gasteiger partial charge in [-0.25, -0.2) is 8.42 Å². The van der Waals surface area contributed by atoms with Gasteiger partial charge in [0.15, 0.2) is 11.5 Å². The van der Waals surface area contributed by atoms with Crippen molar-refractivity contribution in [2.24, 2.45) is 0 Å². The molecule has 8 nitrogen and oxygen atoms in total. The summed E-state index contributed by atoms with van der Waals surface area (Å²) < 4.78 is 33.3. The van der Waals surface area contributed by atoms with E-state index in [9.17, 15) is 18.3 Å². The fraction of sp³-hybridized carbons (Fsp3) is 0.269. The predicted octanol–water partition coefficient (Wildman–Crippen LogP) is 3.69. The third kappa shape index (κ3) is 4.63. The molecule has 2 aliphatic rings. The summed E-state index contributed by atoms with van der Waals surface area (Å²) in [6.45, 7) is 2.06. The number of thioether (sulfide) groups is 1. The molecule has 3 aromatic carbocycles. The summed E-state index contributed by atoms with van der Waals surface area (Å²) in [4.78, 5) is 16.8. The van der Waals surface area contributed by atoms with Gasteiger partial charge in [-0.15, -0.1) is 11.8 Å². The molecule has 3 aromatic rings. The number of amides is 1. The number of hydrogen-bond donors (Lipinski definition) is 1. The van der Waals surface area contributed by atoms with Crippen molar-refractivity contribution in [3.8, 4) is 11.5 Å². The molecule has 0 aliphatic carbocycles. The maximum absolute atomic E-state index is 13.3. The van der Waals surface area contributed by atoms with Crippen molar-refractivity contribution < 1.29 is 23.1 Å². The Balaban J connectivity index is 1.32. The lowest BCUT2D eigenvalue weighted by Gasteiger charge is -2.35. The summed E-state index contributed by atoms with van der Waals surface area (Å²) in [7, 11) is -2.17. The fourth-order valence-corrected chi connectivity index (χ4v) is 7.14. The van der Waals surface area contributed by atoms with E-state index in [4.69, 9.17) is 4.74 Å². The lowest BCUT2D eigenvalue weighted by atomic mass is 10.1. The van der Waals surface area contributed by atoms with Gasteiger partial charge >= 0.3 is 0 Å². The zero-order valence-electron chi connectivity index (χ0n) is 19.8. The van der Waals surface area contributed by atoms with Crippen LogP contribution in [0.2, 0.25) is 0 Å². The van der Waals surface area contributed by atoms with Crippen molar-refractivity contribution in [3.05, 3.63) is 78.4 Å².